The van der Waals surface area contributed by atoms with Crippen LogP contribution in [-0.4, -0.2) is 12.1 Å². The molecule has 2 rings (SSSR count). The lowest BCUT2D eigenvalue weighted by Gasteiger charge is -2.08. The quantitative estimate of drug-likeness (QED) is 0.816. The minimum Gasteiger partial charge on any atom is -0.368 e. The van der Waals surface area contributed by atoms with Gasteiger partial charge in [0.05, 0.1) is 0 Å². The number of nitrogens with zero attached hydrogens (tertiary/aromatic N) is 1. The number of primary amides is 1. The van der Waals surface area contributed by atoms with E-state index in [9.17, 15) is 4.79 Å². The van der Waals surface area contributed by atoms with Crippen molar-refractivity contribution in [2.45, 2.75) is 6.04 Å². The third kappa shape index (κ3) is 3.04. The van der Waals surface area contributed by atoms with Crippen LogP contribution < -0.4 is 5.73 Å². The van der Waals surface area contributed by atoms with Crippen LogP contribution in [0.3, 0.4) is 0 Å². The monoisotopic (exact) mass is 238 g/mol. The molecular formula is C15H14N2O. The number of rotatable bonds is 4. The Bertz CT molecular complexity index is 535. The van der Waals surface area contributed by atoms with Gasteiger partial charge in [0.1, 0.15) is 0 Å². The fraction of sp³-hybridized carbons (Fsp3) is 0.0667. The summed E-state index contributed by atoms with van der Waals surface area (Å²) in [5.74, 6) is -0.451. The van der Waals surface area contributed by atoms with Gasteiger partial charge >= 0.3 is 0 Å². The molecule has 2 N–H and O–H groups in total. The fourth-order valence-corrected chi connectivity index (χ4v) is 1.66. The molecule has 0 aliphatic heterocycles. The van der Waals surface area contributed by atoms with E-state index in [0.29, 0.717) is 0 Å². The van der Waals surface area contributed by atoms with Crippen LogP contribution in [0, 0.1) is 0 Å². The van der Waals surface area contributed by atoms with Crippen LogP contribution in [0.15, 0.2) is 65.7 Å². The summed E-state index contributed by atoms with van der Waals surface area (Å²) in [4.78, 5) is 15.7. The molecule has 0 aliphatic rings. The number of aliphatic imine (C=N–C) groups is 1. The molecule has 90 valence electrons. The average Bonchev–Trinajstić information content (AvgIpc) is 2.41. The summed E-state index contributed by atoms with van der Waals surface area (Å²) in [7, 11) is 0. The van der Waals surface area contributed by atoms with Crippen molar-refractivity contribution in [1.29, 1.82) is 0 Å². The Labute approximate surface area is 106 Å². The minimum absolute atomic E-state index is 0.451. The van der Waals surface area contributed by atoms with Crippen molar-refractivity contribution in [3.8, 4) is 0 Å². The van der Waals surface area contributed by atoms with Crippen LogP contribution in [0.2, 0.25) is 0 Å². The van der Waals surface area contributed by atoms with Crippen molar-refractivity contribution in [3.63, 3.8) is 0 Å². The molecule has 0 radical (unpaired) electrons. The van der Waals surface area contributed by atoms with E-state index >= 15 is 0 Å². The SMILES string of the molecule is NC(=O)[C@@H](N=Cc1ccccc1)c1ccccc1. The molecule has 18 heavy (non-hydrogen) atoms. The van der Waals surface area contributed by atoms with Crippen molar-refractivity contribution in [2.24, 2.45) is 10.7 Å². The number of nitrogens with two attached hydrogens (primary N) is 1. The summed E-state index contributed by atoms with van der Waals surface area (Å²) in [6, 6.07) is 18.3. The highest BCUT2D eigenvalue weighted by Gasteiger charge is 2.14. The Hall–Kier alpha value is -2.42. The van der Waals surface area contributed by atoms with E-state index in [1.807, 2.05) is 60.7 Å². The van der Waals surface area contributed by atoms with Gasteiger partial charge in [0.15, 0.2) is 6.04 Å². The number of carbonyl (C=O) groups excluding carboxylic acids is 1. The van der Waals surface area contributed by atoms with Gasteiger partial charge in [-0.15, -0.1) is 0 Å². The van der Waals surface area contributed by atoms with Crippen LogP contribution >= 0.6 is 0 Å². The van der Waals surface area contributed by atoms with E-state index in [4.69, 9.17) is 5.73 Å². The van der Waals surface area contributed by atoms with E-state index in [2.05, 4.69) is 4.99 Å². The standard InChI is InChI=1S/C15H14N2O/c16-15(18)14(13-9-5-2-6-10-13)17-11-12-7-3-1-4-8-12/h1-11,14H,(H2,16,18)/t14-/m0/s1. The van der Waals surface area contributed by atoms with E-state index in [-0.39, 0.29) is 0 Å². The van der Waals surface area contributed by atoms with Crippen LogP contribution in [0.1, 0.15) is 17.2 Å². The Kier molecular flexibility index (Phi) is 3.86. The zero-order valence-corrected chi connectivity index (χ0v) is 9.86. The second-order valence-electron chi connectivity index (χ2n) is 3.90. The van der Waals surface area contributed by atoms with Gasteiger partial charge < -0.3 is 5.73 Å². The first-order chi connectivity index (χ1) is 8.77. The number of benzene rings is 2. The van der Waals surface area contributed by atoms with Crippen molar-refractivity contribution in [3.05, 3.63) is 71.8 Å². The van der Waals surface area contributed by atoms with Gasteiger partial charge in [0, 0.05) is 6.21 Å². The van der Waals surface area contributed by atoms with E-state index < -0.39 is 11.9 Å². The molecule has 0 heterocycles. The van der Waals surface area contributed by atoms with Gasteiger partial charge in [-0.3, -0.25) is 9.79 Å². The first kappa shape index (κ1) is 12.0. The van der Waals surface area contributed by atoms with Crippen molar-refractivity contribution < 1.29 is 4.79 Å². The molecule has 0 saturated heterocycles. The molecule has 1 amide bonds. The molecule has 3 heteroatoms. The van der Waals surface area contributed by atoms with E-state index in [1.165, 1.54) is 0 Å². The van der Waals surface area contributed by atoms with Gasteiger partial charge in [-0.25, -0.2) is 0 Å². The molecule has 2 aromatic rings. The smallest absolute Gasteiger partial charge is 0.246 e. The third-order valence-electron chi connectivity index (χ3n) is 2.56. The molecule has 0 aliphatic carbocycles. The lowest BCUT2D eigenvalue weighted by molar-refractivity contribution is -0.119. The van der Waals surface area contributed by atoms with Crippen molar-refractivity contribution >= 4 is 12.1 Å². The Morgan fingerprint density at radius 2 is 1.56 bits per heavy atom. The van der Waals surface area contributed by atoms with E-state index in [1.54, 1.807) is 6.21 Å². The van der Waals surface area contributed by atoms with Gasteiger partial charge in [0.25, 0.3) is 0 Å². The topological polar surface area (TPSA) is 55.5 Å². The summed E-state index contributed by atoms with van der Waals surface area (Å²) in [5.41, 5.74) is 7.13. The summed E-state index contributed by atoms with van der Waals surface area (Å²) in [6.07, 6.45) is 1.67. The minimum atomic E-state index is -0.633. The first-order valence-electron chi connectivity index (χ1n) is 5.70. The van der Waals surface area contributed by atoms with Crippen LogP contribution in [0.4, 0.5) is 0 Å². The molecule has 0 spiro atoms. The Morgan fingerprint density at radius 1 is 1.00 bits per heavy atom. The Balaban J connectivity index is 2.23. The Morgan fingerprint density at radius 3 is 2.11 bits per heavy atom. The number of amides is 1. The number of carbonyl (C=O) groups is 1. The molecule has 0 aromatic heterocycles. The van der Waals surface area contributed by atoms with E-state index in [0.717, 1.165) is 11.1 Å². The summed E-state index contributed by atoms with van der Waals surface area (Å²) in [5, 5.41) is 0. The average molecular weight is 238 g/mol. The molecule has 3 nitrogen and oxygen atoms in total. The molecule has 0 fully saturated rings. The maximum Gasteiger partial charge on any atom is 0.246 e. The largest absolute Gasteiger partial charge is 0.368 e. The number of hydrogen-bond donors (Lipinski definition) is 1. The van der Waals surface area contributed by atoms with Crippen molar-refractivity contribution in [2.75, 3.05) is 0 Å². The maximum absolute atomic E-state index is 11.4. The first-order valence-corrected chi connectivity index (χ1v) is 5.70. The molecule has 0 saturated carbocycles. The summed E-state index contributed by atoms with van der Waals surface area (Å²) < 4.78 is 0. The van der Waals surface area contributed by atoms with Crippen molar-refractivity contribution in [1.82, 2.24) is 0 Å². The molecule has 1 atom stereocenters. The second kappa shape index (κ2) is 5.77. The summed E-state index contributed by atoms with van der Waals surface area (Å²) >= 11 is 0. The van der Waals surface area contributed by atoms with Gasteiger partial charge in [-0.1, -0.05) is 60.7 Å². The van der Waals surface area contributed by atoms with Crippen LogP contribution in [0.25, 0.3) is 0 Å². The lowest BCUT2D eigenvalue weighted by Crippen LogP contribution is -2.20. The zero-order chi connectivity index (χ0) is 12.8. The highest BCUT2D eigenvalue weighted by Crippen LogP contribution is 2.16. The summed E-state index contributed by atoms with van der Waals surface area (Å²) in [6.45, 7) is 0. The third-order valence-corrected chi connectivity index (χ3v) is 2.56. The number of hydrogen-bond acceptors (Lipinski definition) is 2. The van der Waals surface area contributed by atoms with Gasteiger partial charge in [-0.05, 0) is 11.1 Å². The fourth-order valence-electron chi connectivity index (χ4n) is 1.66. The predicted molar refractivity (Wildman–Crippen MR) is 72.4 cm³/mol. The zero-order valence-electron chi connectivity index (χ0n) is 9.86. The molecule has 0 unspecified atom stereocenters. The highest BCUT2D eigenvalue weighted by atomic mass is 16.1. The van der Waals surface area contributed by atoms with Crippen LogP contribution in [-0.2, 0) is 4.79 Å². The van der Waals surface area contributed by atoms with Crippen LogP contribution in [0.5, 0.6) is 0 Å². The van der Waals surface area contributed by atoms with Gasteiger partial charge in [0.2, 0.25) is 5.91 Å². The maximum atomic E-state index is 11.4. The highest BCUT2D eigenvalue weighted by molar-refractivity contribution is 5.86. The lowest BCUT2D eigenvalue weighted by atomic mass is 10.1. The second-order valence-corrected chi connectivity index (χ2v) is 3.90. The van der Waals surface area contributed by atoms with Gasteiger partial charge in [-0.2, -0.15) is 0 Å². The normalized spacial score (nSPS) is 12.4. The molecular weight excluding hydrogens is 224 g/mol. The predicted octanol–water partition coefficient (Wildman–Crippen LogP) is 2.33. The molecule has 0 bridgehead atoms. The molecule has 2 aromatic carbocycles.